The minimum Gasteiger partial charge on any atom is -0.340 e. The molecule has 1 aromatic carbocycles. The van der Waals surface area contributed by atoms with E-state index in [1.165, 1.54) is 5.56 Å². The van der Waals surface area contributed by atoms with Gasteiger partial charge in [-0.15, -0.1) is 0 Å². The van der Waals surface area contributed by atoms with Crippen molar-refractivity contribution >= 4 is 0 Å². The SMILES string of the molecule is Cc1nc(C2(N)CCC(C)(C)c3ccccc32)no1. The number of fused-ring (bicyclic) bond motifs is 1. The third-order valence-electron chi connectivity index (χ3n) is 4.21. The van der Waals surface area contributed by atoms with Crippen LogP contribution in [0.25, 0.3) is 0 Å². The number of nitrogens with two attached hydrogens (primary N) is 1. The summed E-state index contributed by atoms with van der Waals surface area (Å²) in [6.07, 6.45) is 1.84. The van der Waals surface area contributed by atoms with E-state index < -0.39 is 5.54 Å². The van der Waals surface area contributed by atoms with Gasteiger partial charge in [0.05, 0.1) is 0 Å². The Balaban J connectivity index is 2.20. The number of rotatable bonds is 1. The first-order valence-electron chi connectivity index (χ1n) is 6.63. The van der Waals surface area contributed by atoms with E-state index in [0.29, 0.717) is 11.7 Å². The van der Waals surface area contributed by atoms with Crippen molar-refractivity contribution in [3.63, 3.8) is 0 Å². The highest BCUT2D eigenvalue weighted by Gasteiger charge is 2.43. The fourth-order valence-electron chi connectivity index (χ4n) is 2.95. The highest BCUT2D eigenvalue weighted by molar-refractivity contribution is 5.44. The zero-order valence-electron chi connectivity index (χ0n) is 11.6. The standard InChI is InChI=1S/C15H19N3O/c1-10-17-13(18-19-10)15(16)9-8-14(2,3)11-6-4-5-7-12(11)15/h4-7H,8-9,16H2,1-3H3. The molecule has 0 saturated heterocycles. The fraction of sp³-hybridized carbons (Fsp3) is 0.467. The number of aryl methyl sites for hydroxylation is 1. The highest BCUT2D eigenvalue weighted by atomic mass is 16.5. The Hall–Kier alpha value is -1.68. The smallest absolute Gasteiger partial charge is 0.223 e. The summed E-state index contributed by atoms with van der Waals surface area (Å²) in [5.74, 6) is 1.15. The molecule has 3 rings (SSSR count). The molecule has 100 valence electrons. The van der Waals surface area contributed by atoms with Gasteiger partial charge in [-0.25, -0.2) is 0 Å². The van der Waals surface area contributed by atoms with Gasteiger partial charge >= 0.3 is 0 Å². The molecule has 1 aromatic heterocycles. The third kappa shape index (κ3) is 1.78. The molecule has 2 N–H and O–H groups in total. The molecule has 1 aliphatic carbocycles. The summed E-state index contributed by atoms with van der Waals surface area (Å²) < 4.78 is 5.11. The first-order chi connectivity index (χ1) is 8.93. The zero-order chi connectivity index (χ0) is 13.7. The van der Waals surface area contributed by atoms with Crippen molar-refractivity contribution in [1.82, 2.24) is 10.1 Å². The largest absolute Gasteiger partial charge is 0.340 e. The van der Waals surface area contributed by atoms with Gasteiger partial charge in [-0.05, 0) is 29.4 Å². The van der Waals surface area contributed by atoms with Crippen molar-refractivity contribution in [3.8, 4) is 0 Å². The number of aromatic nitrogens is 2. The topological polar surface area (TPSA) is 64.9 Å². The van der Waals surface area contributed by atoms with Gasteiger partial charge in [0.1, 0.15) is 5.54 Å². The molecule has 0 radical (unpaired) electrons. The number of benzene rings is 1. The third-order valence-corrected chi connectivity index (χ3v) is 4.21. The van der Waals surface area contributed by atoms with Gasteiger partial charge in [0.25, 0.3) is 0 Å². The number of hydrogen-bond donors (Lipinski definition) is 1. The van der Waals surface area contributed by atoms with E-state index in [0.717, 1.165) is 18.4 Å². The Labute approximate surface area is 113 Å². The lowest BCUT2D eigenvalue weighted by molar-refractivity contribution is 0.312. The molecule has 0 fully saturated rings. The Kier molecular flexibility index (Phi) is 2.54. The molecule has 4 nitrogen and oxygen atoms in total. The summed E-state index contributed by atoms with van der Waals surface area (Å²) in [6, 6.07) is 8.33. The lowest BCUT2D eigenvalue weighted by Gasteiger charge is -2.41. The highest BCUT2D eigenvalue weighted by Crippen LogP contribution is 2.45. The van der Waals surface area contributed by atoms with Crippen molar-refractivity contribution in [2.24, 2.45) is 5.73 Å². The van der Waals surface area contributed by atoms with E-state index in [4.69, 9.17) is 10.3 Å². The maximum absolute atomic E-state index is 6.64. The maximum atomic E-state index is 6.64. The monoisotopic (exact) mass is 257 g/mol. The van der Waals surface area contributed by atoms with Crippen molar-refractivity contribution < 1.29 is 4.52 Å². The summed E-state index contributed by atoms with van der Waals surface area (Å²) >= 11 is 0. The van der Waals surface area contributed by atoms with Crippen LogP contribution in [0.2, 0.25) is 0 Å². The summed E-state index contributed by atoms with van der Waals surface area (Å²) in [7, 11) is 0. The molecule has 2 aromatic rings. The Morgan fingerprint density at radius 1 is 1.16 bits per heavy atom. The molecule has 1 atom stereocenters. The molecule has 0 spiro atoms. The lowest BCUT2D eigenvalue weighted by Crippen LogP contribution is -2.46. The Morgan fingerprint density at radius 2 is 1.84 bits per heavy atom. The van der Waals surface area contributed by atoms with Crippen molar-refractivity contribution in [2.75, 3.05) is 0 Å². The predicted molar refractivity (Wildman–Crippen MR) is 72.7 cm³/mol. The van der Waals surface area contributed by atoms with Crippen LogP contribution >= 0.6 is 0 Å². The first-order valence-corrected chi connectivity index (χ1v) is 6.63. The normalized spacial score (nSPS) is 25.1. The summed E-state index contributed by atoms with van der Waals surface area (Å²) in [4.78, 5) is 4.35. The van der Waals surface area contributed by atoms with E-state index in [2.05, 4.69) is 42.2 Å². The van der Waals surface area contributed by atoms with Crippen LogP contribution in [0.3, 0.4) is 0 Å². The molecule has 1 heterocycles. The minimum atomic E-state index is -0.635. The quantitative estimate of drug-likeness (QED) is 0.853. The second-order valence-corrected chi connectivity index (χ2v) is 6.04. The van der Waals surface area contributed by atoms with E-state index in [9.17, 15) is 0 Å². The van der Waals surface area contributed by atoms with Gasteiger partial charge in [0, 0.05) is 6.92 Å². The molecule has 19 heavy (non-hydrogen) atoms. The lowest BCUT2D eigenvalue weighted by atomic mass is 9.65. The van der Waals surface area contributed by atoms with E-state index >= 15 is 0 Å². The molecule has 0 amide bonds. The van der Waals surface area contributed by atoms with Gasteiger partial charge in [0.2, 0.25) is 5.89 Å². The molecular formula is C15H19N3O. The van der Waals surface area contributed by atoms with E-state index in [-0.39, 0.29) is 5.41 Å². The van der Waals surface area contributed by atoms with Crippen LogP contribution in [-0.2, 0) is 11.0 Å². The van der Waals surface area contributed by atoms with Crippen molar-refractivity contribution in [2.45, 2.75) is 44.6 Å². The van der Waals surface area contributed by atoms with Crippen LogP contribution in [0.15, 0.2) is 28.8 Å². The van der Waals surface area contributed by atoms with Gasteiger partial charge in [-0.2, -0.15) is 4.98 Å². The van der Waals surface area contributed by atoms with Crippen LogP contribution in [0.1, 0.15) is 49.5 Å². The van der Waals surface area contributed by atoms with E-state index in [1.807, 2.05) is 6.07 Å². The number of hydrogen-bond acceptors (Lipinski definition) is 4. The summed E-state index contributed by atoms with van der Waals surface area (Å²) in [6.45, 7) is 6.30. The average molecular weight is 257 g/mol. The van der Waals surface area contributed by atoms with E-state index in [1.54, 1.807) is 6.92 Å². The molecule has 1 aliphatic rings. The predicted octanol–water partition coefficient (Wildman–Crippen LogP) is 2.65. The Bertz CT molecular complexity index is 617. The second kappa shape index (κ2) is 3.90. The van der Waals surface area contributed by atoms with Crippen molar-refractivity contribution in [1.29, 1.82) is 0 Å². The van der Waals surface area contributed by atoms with Crippen LogP contribution in [0.5, 0.6) is 0 Å². The van der Waals surface area contributed by atoms with Crippen LogP contribution in [0.4, 0.5) is 0 Å². The van der Waals surface area contributed by atoms with Gasteiger partial charge in [-0.3, -0.25) is 0 Å². The zero-order valence-corrected chi connectivity index (χ0v) is 11.6. The minimum absolute atomic E-state index is 0.137. The average Bonchev–Trinajstić information content (AvgIpc) is 2.82. The second-order valence-electron chi connectivity index (χ2n) is 6.04. The molecule has 1 unspecified atom stereocenters. The molecule has 0 aliphatic heterocycles. The van der Waals surface area contributed by atoms with Gasteiger partial charge in [-0.1, -0.05) is 43.3 Å². The maximum Gasteiger partial charge on any atom is 0.223 e. The van der Waals surface area contributed by atoms with Gasteiger partial charge < -0.3 is 10.3 Å². The summed E-state index contributed by atoms with van der Waals surface area (Å²) in [5, 5.41) is 4.05. The Morgan fingerprint density at radius 3 is 2.47 bits per heavy atom. The molecule has 0 bridgehead atoms. The van der Waals surface area contributed by atoms with Crippen molar-refractivity contribution in [3.05, 3.63) is 47.1 Å². The molecular weight excluding hydrogens is 238 g/mol. The number of nitrogens with zero attached hydrogens (tertiary/aromatic N) is 2. The van der Waals surface area contributed by atoms with Crippen LogP contribution < -0.4 is 5.73 Å². The first kappa shape index (κ1) is 12.4. The van der Waals surface area contributed by atoms with Crippen LogP contribution in [-0.4, -0.2) is 10.1 Å². The molecule has 0 saturated carbocycles. The molecule has 4 heteroatoms. The fourth-order valence-corrected chi connectivity index (χ4v) is 2.95. The van der Waals surface area contributed by atoms with Crippen LogP contribution in [0, 0.1) is 6.92 Å². The van der Waals surface area contributed by atoms with Gasteiger partial charge in [0.15, 0.2) is 5.82 Å². The summed E-state index contributed by atoms with van der Waals surface area (Å²) in [5.41, 5.74) is 8.54.